The lowest BCUT2D eigenvalue weighted by atomic mass is 9.91. The number of fused-ring (bicyclic) bond motifs is 1. The molecule has 0 radical (unpaired) electrons. The van der Waals surface area contributed by atoms with Crippen LogP contribution in [0, 0.1) is 5.92 Å². The topological polar surface area (TPSA) is 71.9 Å². The van der Waals surface area contributed by atoms with E-state index in [4.69, 9.17) is 9.47 Å². The van der Waals surface area contributed by atoms with Crippen LogP contribution < -0.4 is 9.47 Å². The number of aromatic nitrogens is 1. The zero-order valence-electron chi connectivity index (χ0n) is 17.5. The minimum absolute atomic E-state index is 0.173. The van der Waals surface area contributed by atoms with Gasteiger partial charge in [0, 0.05) is 22.6 Å². The summed E-state index contributed by atoms with van der Waals surface area (Å²) in [4.78, 5) is 18.6. The first-order valence-corrected chi connectivity index (χ1v) is 11.0. The Morgan fingerprint density at radius 1 is 1.19 bits per heavy atom. The van der Waals surface area contributed by atoms with Crippen molar-refractivity contribution in [3.63, 3.8) is 0 Å². The number of nitrogens with zero attached hydrogens (tertiary/aromatic N) is 2. The number of carbonyl (C=O) groups is 1. The van der Waals surface area contributed by atoms with Gasteiger partial charge < -0.3 is 14.6 Å². The van der Waals surface area contributed by atoms with Crippen LogP contribution in [0.4, 0.5) is 0 Å². The number of benzene rings is 2. The molecule has 2 atom stereocenters. The Kier molecular flexibility index (Phi) is 6.43. The van der Waals surface area contributed by atoms with E-state index >= 15 is 0 Å². The minimum atomic E-state index is -0.744. The molecule has 3 aromatic rings. The predicted octanol–water partition coefficient (Wildman–Crippen LogP) is 4.90. The second-order valence-electron chi connectivity index (χ2n) is 7.76. The highest BCUT2D eigenvalue weighted by atomic mass is 79.9. The van der Waals surface area contributed by atoms with Crippen molar-refractivity contribution in [1.82, 2.24) is 9.88 Å². The average Bonchev–Trinajstić information content (AvgIpc) is 2.80. The van der Waals surface area contributed by atoms with Gasteiger partial charge in [-0.05, 0) is 54.8 Å². The van der Waals surface area contributed by atoms with Gasteiger partial charge in [0.25, 0.3) is 0 Å². The van der Waals surface area contributed by atoms with Crippen LogP contribution in [0.15, 0.2) is 53.1 Å². The van der Waals surface area contributed by atoms with Crippen LogP contribution in [-0.4, -0.2) is 48.3 Å². The van der Waals surface area contributed by atoms with Gasteiger partial charge in [0.15, 0.2) is 11.5 Å². The Balaban J connectivity index is 1.85. The average molecular weight is 485 g/mol. The highest BCUT2D eigenvalue weighted by Gasteiger charge is 2.33. The van der Waals surface area contributed by atoms with Gasteiger partial charge in [-0.2, -0.15) is 0 Å². The van der Waals surface area contributed by atoms with E-state index < -0.39 is 5.97 Å². The van der Waals surface area contributed by atoms with Gasteiger partial charge >= 0.3 is 5.97 Å². The van der Waals surface area contributed by atoms with Gasteiger partial charge in [-0.1, -0.05) is 34.1 Å². The van der Waals surface area contributed by atoms with Gasteiger partial charge in [0.2, 0.25) is 0 Å². The number of methoxy groups -OCH3 is 2. The summed E-state index contributed by atoms with van der Waals surface area (Å²) in [5, 5.41) is 10.7. The van der Waals surface area contributed by atoms with Crippen molar-refractivity contribution in [2.45, 2.75) is 18.9 Å². The smallest absolute Gasteiger partial charge is 0.307 e. The summed E-state index contributed by atoms with van der Waals surface area (Å²) in [7, 11) is 3.22. The molecule has 0 amide bonds. The fraction of sp³-hybridized carbons (Fsp3) is 0.333. The van der Waals surface area contributed by atoms with E-state index in [2.05, 4.69) is 31.9 Å². The summed E-state index contributed by atoms with van der Waals surface area (Å²) in [6, 6.07) is 13.8. The van der Waals surface area contributed by atoms with E-state index in [0.717, 1.165) is 39.5 Å². The lowest BCUT2D eigenvalue weighted by Crippen LogP contribution is -2.41. The van der Waals surface area contributed by atoms with Crippen molar-refractivity contribution in [3.8, 4) is 11.5 Å². The summed E-state index contributed by atoms with van der Waals surface area (Å²) in [5.74, 6) is 0.136. The van der Waals surface area contributed by atoms with Gasteiger partial charge in [0.1, 0.15) is 0 Å². The number of carboxylic acids is 1. The summed E-state index contributed by atoms with van der Waals surface area (Å²) in [6.45, 7) is 1.29. The number of piperidine rings is 1. The van der Waals surface area contributed by atoms with E-state index in [-0.39, 0.29) is 12.0 Å². The third-order valence-corrected chi connectivity index (χ3v) is 6.58. The molecule has 0 saturated carbocycles. The second-order valence-corrected chi connectivity index (χ2v) is 8.62. The maximum absolute atomic E-state index is 11.7. The number of likely N-dealkylation sites (tertiary alicyclic amines) is 1. The monoisotopic (exact) mass is 484 g/mol. The molecule has 4 rings (SSSR count). The highest BCUT2D eigenvalue weighted by Crippen LogP contribution is 2.41. The molecule has 2 unspecified atom stereocenters. The first-order chi connectivity index (χ1) is 15.0. The van der Waals surface area contributed by atoms with Crippen molar-refractivity contribution < 1.29 is 19.4 Å². The molecular formula is C24H25BrN2O4. The quantitative estimate of drug-likeness (QED) is 0.536. The number of aliphatic carboxylic acids is 1. The number of rotatable bonds is 6. The molecule has 1 aliphatic heterocycles. The molecule has 0 aliphatic carbocycles. The number of hydrogen-bond acceptors (Lipinski definition) is 5. The van der Waals surface area contributed by atoms with Crippen LogP contribution in [0.2, 0.25) is 0 Å². The van der Waals surface area contributed by atoms with E-state index in [9.17, 15) is 9.90 Å². The van der Waals surface area contributed by atoms with Crippen molar-refractivity contribution in [2.24, 2.45) is 5.92 Å². The number of hydrogen-bond donors (Lipinski definition) is 1. The van der Waals surface area contributed by atoms with Gasteiger partial charge in [-0.25, -0.2) is 0 Å². The summed E-state index contributed by atoms with van der Waals surface area (Å²) in [6.07, 6.45) is 3.42. The van der Waals surface area contributed by atoms with E-state index in [1.54, 1.807) is 14.2 Å². The predicted molar refractivity (Wildman–Crippen MR) is 123 cm³/mol. The molecule has 6 nitrogen and oxygen atoms in total. The van der Waals surface area contributed by atoms with Gasteiger partial charge in [-0.3, -0.25) is 14.7 Å². The first kappa shape index (κ1) is 21.6. The molecule has 2 aromatic carbocycles. The highest BCUT2D eigenvalue weighted by molar-refractivity contribution is 9.10. The van der Waals surface area contributed by atoms with Gasteiger partial charge in [-0.15, -0.1) is 0 Å². The fourth-order valence-corrected chi connectivity index (χ4v) is 4.89. The number of pyridine rings is 1. The SMILES string of the molecule is COc1cc(Br)c(C(c2cnc3ccccc3c2)N2CCCC(C(=O)O)C2)cc1OC. The maximum Gasteiger partial charge on any atom is 0.307 e. The van der Waals surface area contributed by atoms with Crippen LogP contribution in [0.5, 0.6) is 11.5 Å². The van der Waals surface area contributed by atoms with E-state index in [1.807, 2.05) is 42.6 Å². The molecule has 31 heavy (non-hydrogen) atoms. The van der Waals surface area contributed by atoms with Crippen LogP contribution >= 0.6 is 15.9 Å². The Hall–Kier alpha value is -2.64. The molecular weight excluding hydrogens is 460 g/mol. The Labute approximate surface area is 189 Å². The molecule has 2 heterocycles. The Bertz CT molecular complexity index is 1100. The molecule has 1 N–H and O–H groups in total. The Morgan fingerprint density at radius 2 is 1.94 bits per heavy atom. The zero-order valence-corrected chi connectivity index (χ0v) is 19.1. The van der Waals surface area contributed by atoms with E-state index in [0.29, 0.717) is 24.5 Å². The van der Waals surface area contributed by atoms with Crippen LogP contribution in [-0.2, 0) is 4.79 Å². The van der Waals surface area contributed by atoms with Crippen LogP contribution in [0.25, 0.3) is 10.9 Å². The van der Waals surface area contributed by atoms with E-state index in [1.165, 1.54) is 0 Å². The molecule has 1 fully saturated rings. The number of halogens is 1. The van der Waals surface area contributed by atoms with Crippen LogP contribution in [0.3, 0.4) is 0 Å². The van der Waals surface area contributed by atoms with Crippen molar-refractivity contribution >= 4 is 32.8 Å². The lowest BCUT2D eigenvalue weighted by Gasteiger charge is -2.38. The normalized spacial score (nSPS) is 18.0. The Morgan fingerprint density at radius 3 is 2.68 bits per heavy atom. The maximum atomic E-state index is 11.7. The molecule has 1 aromatic heterocycles. The molecule has 0 spiro atoms. The second kappa shape index (κ2) is 9.24. The molecule has 162 valence electrons. The molecule has 7 heteroatoms. The number of carboxylic acid groups (broad SMARTS) is 1. The number of para-hydroxylation sites is 1. The van der Waals surface area contributed by atoms with Crippen molar-refractivity contribution in [2.75, 3.05) is 27.3 Å². The number of ether oxygens (including phenoxy) is 2. The van der Waals surface area contributed by atoms with Crippen molar-refractivity contribution in [1.29, 1.82) is 0 Å². The fourth-order valence-electron chi connectivity index (χ4n) is 4.35. The first-order valence-electron chi connectivity index (χ1n) is 10.2. The standard InChI is InChI=1S/C24H25BrN2O4/c1-30-21-11-18(19(25)12-22(21)31-2)23(27-9-5-7-16(14-27)24(28)29)17-10-15-6-3-4-8-20(15)26-13-17/h3-4,6,8,10-13,16,23H,5,7,9,14H2,1-2H3,(H,28,29). The summed E-state index contributed by atoms with van der Waals surface area (Å²) >= 11 is 3.71. The van der Waals surface area contributed by atoms with Crippen molar-refractivity contribution in [3.05, 3.63) is 64.3 Å². The van der Waals surface area contributed by atoms with Crippen LogP contribution in [0.1, 0.15) is 30.0 Å². The lowest BCUT2D eigenvalue weighted by molar-refractivity contribution is -0.143. The summed E-state index contributed by atoms with van der Waals surface area (Å²) < 4.78 is 11.9. The largest absolute Gasteiger partial charge is 0.493 e. The zero-order chi connectivity index (χ0) is 22.0. The minimum Gasteiger partial charge on any atom is -0.493 e. The van der Waals surface area contributed by atoms with Gasteiger partial charge in [0.05, 0.1) is 31.7 Å². The third-order valence-electron chi connectivity index (χ3n) is 5.89. The summed E-state index contributed by atoms with van der Waals surface area (Å²) in [5.41, 5.74) is 2.93. The molecule has 0 bridgehead atoms. The molecule has 1 saturated heterocycles. The third kappa shape index (κ3) is 4.38. The molecule has 1 aliphatic rings.